The Balaban J connectivity index is 1.83. The normalized spacial score (nSPS) is 10.9. The molecule has 0 amide bonds. The summed E-state index contributed by atoms with van der Waals surface area (Å²) in [5, 5.41) is 0.812. The fourth-order valence-electron chi connectivity index (χ4n) is 2.49. The van der Waals surface area contributed by atoms with Gasteiger partial charge in [0.25, 0.3) is 0 Å². The molecule has 0 aliphatic carbocycles. The molecule has 0 N–H and O–H groups in total. The number of benzene rings is 2. The molecule has 22 heavy (non-hydrogen) atoms. The van der Waals surface area contributed by atoms with Crippen molar-refractivity contribution in [3.05, 3.63) is 72.6 Å². The van der Waals surface area contributed by atoms with Gasteiger partial charge in [0.1, 0.15) is 0 Å². The Labute approximate surface area is 131 Å². The summed E-state index contributed by atoms with van der Waals surface area (Å²) in [6.45, 7) is 0. The highest BCUT2D eigenvalue weighted by Gasteiger charge is 2.09. The molecule has 4 heteroatoms. The number of carbonyl (C=O) groups excluding carboxylic acids is 1. The van der Waals surface area contributed by atoms with E-state index in [4.69, 9.17) is 0 Å². The van der Waals surface area contributed by atoms with E-state index in [2.05, 4.69) is 29.2 Å². The SMILES string of the molecule is O=Cc1cccn1-c1nc2ccc(-c3ccccc3)cc2s1. The molecule has 0 radical (unpaired) electrons. The van der Waals surface area contributed by atoms with Crippen LogP contribution in [-0.4, -0.2) is 15.8 Å². The van der Waals surface area contributed by atoms with E-state index >= 15 is 0 Å². The molecule has 2 aromatic heterocycles. The minimum absolute atomic E-state index is 0.613. The quantitative estimate of drug-likeness (QED) is 0.520. The van der Waals surface area contributed by atoms with E-state index in [-0.39, 0.29) is 0 Å². The lowest BCUT2D eigenvalue weighted by molar-refractivity contribution is 0.111. The Morgan fingerprint density at radius 2 is 1.82 bits per heavy atom. The molecule has 4 rings (SSSR count). The second-order valence-electron chi connectivity index (χ2n) is 4.97. The Bertz CT molecular complexity index is 954. The van der Waals surface area contributed by atoms with Crippen LogP contribution in [0.2, 0.25) is 0 Å². The van der Waals surface area contributed by atoms with Crippen LogP contribution in [0.5, 0.6) is 0 Å². The van der Waals surface area contributed by atoms with Gasteiger partial charge in [0.2, 0.25) is 0 Å². The van der Waals surface area contributed by atoms with Crippen LogP contribution in [-0.2, 0) is 0 Å². The lowest BCUT2D eigenvalue weighted by atomic mass is 10.1. The molecule has 0 unspecified atom stereocenters. The fraction of sp³-hybridized carbons (Fsp3) is 0. The van der Waals surface area contributed by atoms with E-state index in [1.807, 2.05) is 41.1 Å². The third-order valence-corrected chi connectivity index (χ3v) is 4.61. The summed E-state index contributed by atoms with van der Waals surface area (Å²) < 4.78 is 2.93. The van der Waals surface area contributed by atoms with Gasteiger partial charge in [0.05, 0.1) is 15.9 Å². The van der Waals surface area contributed by atoms with Crippen LogP contribution in [0.25, 0.3) is 26.5 Å². The maximum Gasteiger partial charge on any atom is 0.195 e. The highest BCUT2D eigenvalue weighted by atomic mass is 32.1. The molecule has 0 aliphatic rings. The molecule has 3 nitrogen and oxygen atoms in total. The Hall–Kier alpha value is -2.72. The molecule has 0 fully saturated rings. The average Bonchev–Trinajstić information content (AvgIpc) is 3.20. The molecular weight excluding hydrogens is 292 g/mol. The summed E-state index contributed by atoms with van der Waals surface area (Å²) in [7, 11) is 0. The molecule has 0 spiro atoms. The van der Waals surface area contributed by atoms with E-state index < -0.39 is 0 Å². The van der Waals surface area contributed by atoms with Gasteiger partial charge < -0.3 is 0 Å². The third-order valence-electron chi connectivity index (χ3n) is 3.59. The summed E-state index contributed by atoms with van der Waals surface area (Å²) in [5.74, 6) is 0. The zero-order valence-electron chi connectivity index (χ0n) is 11.6. The van der Waals surface area contributed by atoms with Gasteiger partial charge in [-0.1, -0.05) is 47.7 Å². The van der Waals surface area contributed by atoms with Gasteiger partial charge >= 0.3 is 0 Å². The summed E-state index contributed by atoms with van der Waals surface area (Å²) >= 11 is 1.59. The van der Waals surface area contributed by atoms with E-state index in [1.165, 1.54) is 11.1 Å². The van der Waals surface area contributed by atoms with Gasteiger partial charge in [-0.3, -0.25) is 9.36 Å². The molecule has 0 aliphatic heterocycles. The van der Waals surface area contributed by atoms with Crippen molar-refractivity contribution in [3.8, 4) is 16.3 Å². The molecule has 0 saturated carbocycles. The number of aromatic nitrogens is 2. The first kappa shape index (κ1) is 13.0. The summed E-state index contributed by atoms with van der Waals surface area (Å²) in [5.41, 5.74) is 3.92. The second kappa shape index (κ2) is 5.24. The zero-order valence-corrected chi connectivity index (χ0v) is 12.5. The van der Waals surface area contributed by atoms with Crippen LogP contribution in [0.15, 0.2) is 66.9 Å². The molecule has 0 saturated heterocycles. The number of fused-ring (bicyclic) bond motifs is 1. The Morgan fingerprint density at radius 1 is 0.955 bits per heavy atom. The van der Waals surface area contributed by atoms with Crippen molar-refractivity contribution in [1.82, 2.24) is 9.55 Å². The topological polar surface area (TPSA) is 34.9 Å². The van der Waals surface area contributed by atoms with Gasteiger partial charge in [-0.2, -0.15) is 0 Å². The van der Waals surface area contributed by atoms with E-state index in [0.717, 1.165) is 21.6 Å². The Kier molecular flexibility index (Phi) is 3.09. The van der Waals surface area contributed by atoms with Gasteiger partial charge in [-0.15, -0.1) is 0 Å². The summed E-state index contributed by atoms with van der Waals surface area (Å²) in [4.78, 5) is 15.7. The second-order valence-corrected chi connectivity index (χ2v) is 5.97. The first-order chi connectivity index (χ1) is 10.8. The molecule has 2 heterocycles. The number of nitrogens with zero attached hydrogens (tertiary/aromatic N) is 2. The molecule has 0 bridgehead atoms. The van der Waals surface area contributed by atoms with Gasteiger partial charge in [-0.25, -0.2) is 4.98 Å². The van der Waals surface area contributed by atoms with E-state index in [0.29, 0.717) is 5.69 Å². The number of carbonyl (C=O) groups is 1. The van der Waals surface area contributed by atoms with Crippen molar-refractivity contribution >= 4 is 27.8 Å². The lowest BCUT2D eigenvalue weighted by Gasteiger charge is -2.00. The first-order valence-electron chi connectivity index (χ1n) is 6.94. The Morgan fingerprint density at radius 3 is 2.64 bits per heavy atom. The molecule has 4 aromatic rings. The van der Waals surface area contributed by atoms with Crippen molar-refractivity contribution in [3.63, 3.8) is 0 Å². The predicted molar refractivity (Wildman–Crippen MR) is 89.8 cm³/mol. The maximum absolute atomic E-state index is 11.1. The zero-order chi connectivity index (χ0) is 14.9. The lowest BCUT2D eigenvalue weighted by Crippen LogP contribution is -1.95. The average molecular weight is 304 g/mol. The molecule has 106 valence electrons. The first-order valence-corrected chi connectivity index (χ1v) is 7.76. The standard InChI is InChI=1S/C18H12N2OS/c21-12-15-7-4-10-20(15)18-19-16-9-8-14(11-17(16)22-18)13-5-2-1-3-6-13/h1-12H. The number of hydrogen-bond acceptors (Lipinski definition) is 3. The molecule has 0 atom stereocenters. The van der Waals surface area contributed by atoms with E-state index in [1.54, 1.807) is 17.4 Å². The minimum atomic E-state index is 0.613. The van der Waals surface area contributed by atoms with Crippen LogP contribution in [0.3, 0.4) is 0 Å². The smallest absolute Gasteiger partial charge is 0.195 e. The van der Waals surface area contributed by atoms with Crippen molar-refractivity contribution < 1.29 is 4.79 Å². The molecule has 2 aromatic carbocycles. The highest BCUT2D eigenvalue weighted by molar-refractivity contribution is 7.20. The molecular formula is C18H12N2OS. The van der Waals surface area contributed by atoms with Crippen LogP contribution in [0, 0.1) is 0 Å². The van der Waals surface area contributed by atoms with Crippen LogP contribution < -0.4 is 0 Å². The number of thiazole rings is 1. The van der Waals surface area contributed by atoms with Crippen molar-refractivity contribution in [1.29, 1.82) is 0 Å². The van der Waals surface area contributed by atoms with Gasteiger partial charge in [-0.05, 0) is 35.4 Å². The van der Waals surface area contributed by atoms with Crippen molar-refractivity contribution in [2.24, 2.45) is 0 Å². The summed E-state index contributed by atoms with van der Waals surface area (Å²) in [6, 6.07) is 20.2. The van der Waals surface area contributed by atoms with Crippen LogP contribution in [0.1, 0.15) is 10.5 Å². The minimum Gasteiger partial charge on any atom is -0.296 e. The van der Waals surface area contributed by atoms with Gasteiger partial charge in [0.15, 0.2) is 11.4 Å². The van der Waals surface area contributed by atoms with Crippen LogP contribution in [0.4, 0.5) is 0 Å². The maximum atomic E-state index is 11.1. The van der Waals surface area contributed by atoms with Crippen molar-refractivity contribution in [2.75, 3.05) is 0 Å². The predicted octanol–water partition coefficient (Wildman–Crippen LogP) is 4.57. The number of aldehydes is 1. The third kappa shape index (κ3) is 2.14. The van der Waals surface area contributed by atoms with E-state index in [9.17, 15) is 4.79 Å². The van der Waals surface area contributed by atoms with Crippen molar-refractivity contribution in [2.45, 2.75) is 0 Å². The van der Waals surface area contributed by atoms with Gasteiger partial charge in [0, 0.05) is 6.20 Å². The monoisotopic (exact) mass is 304 g/mol. The largest absolute Gasteiger partial charge is 0.296 e. The number of hydrogen-bond donors (Lipinski definition) is 0. The summed E-state index contributed by atoms with van der Waals surface area (Å²) in [6.07, 6.45) is 2.71. The fourth-order valence-corrected chi connectivity index (χ4v) is 3.50. The number of rotatable bonds is 3. The van der Waals surface area contributed by atoms with Crippen LogP contribution >= 0.6 is 11.3 Å². The highest BCUT2D eigenvalue weighted by Crippen LogP contribution is 2.30.